The van der Waals surface area contributed by atoms with E-state index in [0.29, 0.717) is 6.04 Å². The minimum Gasteiger partial charge on any atom is -0.481 e. The minimum atomic E-state index is -0.668. The van der Waals surface area contributed by atoms with Crippen LogP contribution in [-0.2, 0) is 9.53 Å². The fourth-order valence-corrected chi connectivity index (χ4v) is 3.41. The van der Waals surface area contributed by atoms with Gasteiger partial charge in [0.2, 0.25) is 0 Å². The highest BCUT2D eigenvalue weighted by molar-refractivity contribution is 5.67. The molecular formula is C14H25NO3. The molecule has 0 radical (unpaired) electrons. The van der Waals surface area contributed by atoms with Crippen LogP contribution in [0.15, 0.2) is 0 Å². The zero-order valence-corrected chi connectivity index (χ0v) is 11.5. The third kappa shape index (κ3) is 3.45. The Morgan fingerprint density at radius 1 is 1.39 bits per heavy atom. The van der Waals surface area contributed by atoms with Crippen LogP contribution in [0.1, 0.15) is 52.4 Å². The lowest BCUT2D eigenvalue weighted by Crippen LogP contribution is -2.52. The molecule has 2 heterocycles. The van der Waals surface area contributed by atoms with Crippen molar-refractivity contribution in [2.75, 3.05) is 13.2 Å². The smallest absolute Gasteiger partial charge is 0.304 e. The molecular weight excluding hydrogens is 230 g/mol. The first-order chi connectivity index (χ1) is 8.48. The van der Waals surface area contributed by atoms with Crippen molar-refractivity contribution >= 4 is 5.97 Å². The molecule has 2 fully saturated rings. The van der Waals surface area contributed by atoms with Gasteiger partial charge < -0.3 is 9.84 Å². The van der Waals surface area contributed by atoms with Crippen LogP contribution in [0.4, 0.5) is 0 Å². The molecule has 2 saturated heterocycles. The number of piperidine rings is 1. The molecule has 2 aliphatic heterocycles. The Morgan fingerprint density at radius 2 is 2.17 bits per heavy atom. The summed E-state index contributed by atoms with van der Waals surface area (Å²) in [6, 6.07) is 0.730. The van der Waals surface area contributed by atoms with E-state index in [1.165, 1.54) is 12.8 Å². The molecule has 0 saturated carbocycles. The molecule has 0 aromatic rings. The van der Waals surface area contributed by atoms with E-state index >= 15 is 0 Å². The highest BCUT2D eigenvalue weighted by Crippen LogP contribution is 2.32. The zero-order chi connectivity index (χ0) is 13.2. The van der Waals surface area contributed by atoms with Crippen LogP contribution in [0.25, 0.3) is 0 Å². The van der Waals surface area contributed by atoms with Crippen LogP contribution in [0.3, 0.4) is 0 Å². The number of ether oxygens (including phenoxy) is 1. The Balaban J connectivity index is 2.01. The maximum Gasteiger partial charge on any atom is 0.304 e. The summed E-state index contributed by atoms with van der Waals surface area (Å²) in [5.41, 5.74) is -0.0614. The third-order valence-electron chi connectivity index (χ3n) is 4.22. The molecule has 4 nitrogen and oxygen atoms in total. The van der Waals surface area contributed by atoms with Gasteiger partial charge in [0.05, 0.1) is 12.0 Å². The Morgan fingerprint density at radius 3 is 2.83 bits per heavy atom. The molecule has 2 rings (SSSR count). The summed E-state index contributed by atoms with van der Waals surface area (Å²) >= 11 is 0. The van der Waals surface area contributed by atoms with E-state index in [-0.39, 0.29) is 18.1 Å². The highest BCUT2D eigenvalue weighted by Gasteiger charge is 2.36. The van der Waals surface area contributed by atoms with E-state index in [1.807, 2.05) is 0 Å². The van der Waals surface area contributed by atoms with Gasteiger partial charge in [0.25, 0.3) is 0 Å². The number of likely N-dealkylation sites (tertiary alicyclic amines) is 1. The number of hydrogen-bond acceptors (Lipinski definition) is 3. The zero-order valence-electron chi connectivity index (χ0n) is 11.5. The van der Waals surface area contributed by atoms with Crippen molar-refractivity contribution in [3.63, 3.8) is 0 Å². The summed E-state index contributed by atoms with van der Waals surface area (Å²) in [5, 5.41) is 9.03. The van der Waals surface area contributed by atoms with Crippen molar-refractivity contribution in [3.8, 4) is 0 Å². The van der Waals surface area contributed by atoms with Crippen LogP contribution < -0.4 is 0 Å². The van der Waals surface area contributed by atoms with Crippen LogP contribution in [0.2, 0.25) is 0 Å². The van der Waals surface area contributed by atoms with Gasteiger partial charge in [-0.25, -0.2) is 0 Å². The standard InChI is InChI=1S/C14H25NO3/c1-14(2)10-12(6-8-18-14)15-7-4-3-5-11(15)9-13(16)17/h11-12H,3-10H2,1-2H3,(H,16,17). The van der Waals surface area contributed by atoms with Gasteiger partial charge in [-0.2, -0.15) is 0 Å². The molecule has 0 aliphatic carbocycles. The Labute approximate surface area is 109 Å². The van der Waals surface area contributed by atoms with Crippen molar-refractivity contribution in [2.24, 2.45) is 0 Å². The summed E-state index contributed by atoms with van der Waals surface area (Å²) in [5.74, 6) is -0.668. The Bertz CT molecular complexity index is 303. The average molecular weight is 255 g/mol. The Hall–Kier alpha value is -0.610. The predicted octanol–water partition coefficient (Wildman–Crippen LogP) is 2.27. The first-order valence-electron chi connectivity index (χ1n) is 7.09. The summed E-state index contributed by atoms with van der Waals surface area (Å²) in [6.07, 6.45) is 5.75. The molecule has 104 valence electrons. The third-order valence-corrected chi connectivity index (χ3v) is 4.22. The van der Waals surface area contributed by atoms with E-state index in [0.717, 1.165) is 32.4 Å². The molecule has 1 N–H and O–H groups in total. The number of rotatable bonds is 3. The van der Waals surface area contributed by atoms with Gasteiger partial charge in [-0.05, 0) is 46.1 Å². The highest BCUT2D eigenvalue weighted by atomic mass is 16.5. The van der Waals surface area contributed by atoms with E-state index < -0.39 is 5.97 Å². The topological polar surface area (TPSA) is 49.8 Å². The lowest BCUT2D eigenvalue weighted by atomic mass is 9.89. The molecule has 0 bridgehead atoms. The van der Waals surface area contributed by atoms with Crippen LogP contribution in [0, 0.1) is 0 Å². The van der Waals surface area contributed by atoms with E-state index in [1.54, 1.807) is 0 Å². The average Bonchev–Trinajstić information content (AvgIpc) is 2.27. The molecule has 0 aromatic carbocycles. The van der Waals surface area contributed by atoms with Gasteiger partial charge >= 0.3 is 5.97 Å². The molecule has 2 atom stereocenters. The van der Waals surface area contributed by atoms with Crippen LogP contribution in [-0.4, -0.2) is 46.8 Å². The first-order valence-corrected chi connectivity index (χ1v) is 7.09. The second-order valence-electron chi connectivity index (χ2n) is 6.24. The van der Waals surface area contributed by atoms with Crippen molar-refractivity contribution in [1.82, 2.24) is 4.90 Å². The van der Waals surface area contributed by atoms with Crippen molar-refractivity contribution in [1.29, 1.82) is 0 Å². The molecule has 2 unspecified atom stereocenters. The maximum absolute atomic E-state index is 11.0. The van der Waals surface area contributed by atoms with Gasteiger partial charge in [0, 0.05) is 18.7 Å². The minimum absolute atomic E-state index is 0.0614. The molecule has 0 spiro atoms. The van der Waals surface area contributed by atoms with Gasteiger partial charge in [-0.1, -0.05) is 6.42 Å². The summed E-state index contributed by atoms with van der Waals surface area (Å²) in [6.45, 7) is 6.12. The molecule has 4 heteroatoms. The van der Waals surface area contributed by atoms with Crippen LogP contribution in [0.5, 0.6) is 0 Å². The SMILES string of the molecule is CC1(C)CC(N2CCCCC2CC(=O)O)CCO1. The van der Waals surface area contributed by atoms with Gasteiger partial charge in [0.15, 0.2) is 0 Å². The van der Waals surface area contributed by atoms with Gasteiger partial charge in [-0.3, -0.25) is 9.69 Å². The monoisotopic (exact) mass is 255 g/mol. The number of hydrogen-bond donors (Lipinski definition) is 1. The molecule has 0 amide bonds. The quantitative estimate of drug-likeness (QED) is 0.840. The number of carbonyl (C=O) groups is 1. The lowest BCUT2D eigenvalue weighted by Gasteiger charge is -2.46. The first kappa shape index (κ1) is 13.8. The molecule has 18 heavy (non-hydrogen) atoms. The number of carboxylic acids is 1. The van der Waals surface area contributed by atoms with E-state index in [9.17, 15) is 4.79 Å². The van der Waals surface area contributed by atoms with E-state index in [2.05, 4.69) is 18.7 Å². The van der Waals surface area contributed by atoms with Crippen molar-refractivity contribution < 1.29 is 14.6 Å². The summed E-state index contributed by atoms with van der Waals surface area (Å²) < 4.78 is 5.76. The number of carboxylic acid groups (broad SMARTS) is 1. The summed E-state index contributed by atoms with van der Waals surface area (Å²) in [4.78, 5) is 13.4. The van der Waals surface area contributed by atoms with Gasteiger partial charge in [0.1, 0.15) is 0 Å². The summed E-state index contributed by atoms with van der Waals surface area (Å²) in [7, 11) is 0. The number of aliphatic carboxylic acids is 1. The predicted molar refractivity (Wildman–Crippen MR) is 69.7 cm³/mol. The Kier molecular flexibility index (Phi) is 4.28. The second kappa shape index (κ2) is 5.57. The van der Waals surface area contributed by atoms with Crippen LogP contribution >= 0.6 is 0 Å². The molecule has 2 aliphatic rings. The fraction of sp³-hybridized carbons (Fsp3) is 0.929. The normalized spacial score (nSPS) is 33.2. The second-order valence-corrected chi connectivity index (χ2v) is 6.24. The number of nitrogens with zero attached hydrogens (tertiary/aromatic N) is 1. The van der Waals surface area contributed by atoms with Crippen molar-refractivity contribution in [3.05, 3.63) is 0 Å². The van der Waals surface area contributed by atoms with Gasteiger partial charge in [-0.15, -0.1) is 0 Å². The van der Waals surface area contributed by atoms with Crippen molar-refractivity contribution in [2.45, 2.75) is 70.1 Å². The maximum atomic E-state index is 11.0. The molecule has 0 aromatic heterocycles. The van der Waals surface area contributed by atoms with E-state index in [4.69, 9.17) is 9.84 Å². The lowest BCUT2D eigenvalue weighted by molar-refractivity contribution is -0.140. The fourth-order valence-electron chi connectivity index (χ4n) is 3.41. The largest absolute Gasteiger partial charge is 0.481 e.